The summed E-state index contributed by atoms with van der Waals surface area (Å²) in [5, 5.41) is 0.0663. The largest absolute Gasteiger partial charge is 0.383 e. The molecule has 0 bridgehead atoms. The van der Waals surface area contributed by atoms with Crippen LogP contribution in [0.15, 0.2) is 35.5 Å². The van der Waals surface area contributed by atoms with Gasteiger partial charge in [0.05, 0.1) is 5.69 Å². The molecule has 0 saturated heterocycles. The van der Waals surface area contributed by atoms with Crippen LogP contribution in [0.1, 0.15) is 5.56 Å². The van der Waals surface area contributed by atoms with Crippen molar-refractivity contribution in [2.75, 3.05) is 10.5 Å². The number of sulfonamides is 1. The highest BCUT2D eigenvalue weighted by Crippen LogP contribution is 2.24. The molecule has 0 unspecified atom stereocenters. The third kappa shape index (κ3) is 2.94. The quantitative estimate of drug-likeness (QED) is 0.842. The smallest absolute Gasteiger partial charge is 0.265 e. The zero-order valence-electron chi connectivity index (χ0n) is 9.96. The lowest BCUT2D eigenvalue weighted by Crippen LogP contribution is -2.16. The molecule has 2 heterocycles. The third-order valence-corrected chi connectivity index (χ3v) is 4.02. The summed E-state index contributed by atoms with van der Waals surface area (Å²) in [5.74, 6) is -0.0771. The van der Waals surface area contributed by atoms with Crippen molar-refractivity contribution in [1.82, 2.24) is 9.97 Å². The molecule has 2 aromatic rings. The van der Waals surface area contributed by atoms with Gasteiger partial charge in [-0.15, -0.1) is 0 Å². The second-order valence-electron chi connectivity index (χ2n) is 3.84. The van der Waals surface area contributed by atoms with Gasteiger partial charge in [-0.25, -0.2) is 18.4 Å². The fourth-order valence-electron chi connectivity index (χ4n) is 1.45. The fraction of sp³-hybridized carbons (Fsp3) is 0.0909. The molecule has 0 saturated carbocycles. The van der Waals surface area contributed by atoms with E-state index < -0.39 is 10.0 Å². The van der Waals surface area contributed by atoms with Gasteiger partial charge >= 0.3 is 0 Å². The topological polar surface area (TPSA) is 98.0 Å². The Morgan fingerprint density at radius 3 is 2.79 bits per heavy atom. The van der Waals surface area contributed by atoms with Gasteiger partial charge in [-0.1, -0.05) is 11.6 Å². The van der Waals surface area contributed by atoms with Gasteiger partial charge in [-0.05, 0) is 30.7 Å². The normalized spacial score (nSPS) is 11.3. The highest BCUT2D eigenvalue weighted by molar-refractivity contribution is 7.92. The first-order valence-electron chi connectivity index (χ1n) is 5.25. The van der Waals surface area contributed by atoms with Crippen LogP contribution in [0.4, 0.5) is 11.5 Å². The summed E-state index contributed by atoms with van der Waals surface area (Å²) in [5.41, 5.74) is 6.53. The summed E-state index contributed by atoms with van der Waals surface area (Å²) in [6, 6.07) is 4.43. The predicted molar refractivity (Wildman–Crippen MR) is 73.4 cm³/mol. The molecular formula is C11H11ClN4O2S. The molecule has 3 N–H and O–H groups in total. The van der Waals surface area contributed by atoms with Gasteiger partial charge in [-0.3, -0.25) is 4.72 Å². The summed E-state index contributed by atoms with van der Waals surface area (Å²) in [4.78, 5) is 7.50. The number of hydrogen-bond acceptors (Lipinski definition) is 5. The molecule has 0 aliphatic rings. The Morgan fingerprint density at radius 2 is 2.11 bits per heavy atom. The molecule has 0 fully saturated rings. The summed E-state index contributed by atoms with van der Waals surface area (Å²) < 4.78 is 26.7. The van der Waals surface area contributed by atoms with E-state index in [1.807, 2.05) is 0 Å². The minimum atomic E-state index is -3.85. The van der Waals surface area contributed by atoms with Crippen molar-refractivity contribution >= 4 is 33.1 Å². The van der Waals surface area contributed by atoms with E-state index in [4.69, 9.17) is 17.3 Å². The van der Waals surface area contributed by atoms with Gasteiger partial charge in [0.15, 0.2) is 5.15 Å². The molecule has 0 aliphatic heterocycles. The van der Waals surface area contributed by atoms with E-state index in [1.54, 1.807) is 19.2 Å². The molecular weight excluding hydrogens is 288 g/mol. The fourth-order valence-corrected chi connectivity index (χ4v) is 2.80. The summed E-state index contributed by atoms with van der Waals surface area (Å²) in [6.45, 7) is 1.78. The van der Waals surface area contributed by atoms with E-state index in [0.717, 1.165) is 5.56 Å². The first kappa shape index (κ1) is 13.6. The molecule has 0 atom stereocenters. The van der Waals surface area contributed by atoms with Gasteiger partial charge in [0.25, 0.3) is 10.0 Å². The first-order valence-corrected chi connectivity index (χ1v) is 7.12. The van der Waals surface area contributed by atoms with Crippen LogP contribution in [0.3, 0.4) is 0 Å². The van der Waals surface area contributed by atoms with Gasteiger partial charge < -0.3 is 5.73 Å². The molecule has 2 rings (SSSR count). The monoisotopic (exact) mass is 298 g/mol. The zero-order chi connectivity index (χ0) is 14.0. The third-order valence-electron chi connectivity index (χ3n) is 2.31. The van der Waals surface area contributed by atoms with Crippen molar-refractivity contribution in [3.05, 3.63) is 41.3 Å². The summed E-state index contributed by atoms with van der Waals surface area (Å²) >= 11 is 5.84. The Bertz CT molecular complexity index is 718. The summed E-state index contributed by atoms with van der Waals surface area (Å²) in [7, 11) is -3.85. The van der Waals surface area contributed by atoms with Gasteiger partial charge in [-0.2, -0.15) is 0 Å². The molecule has 100 valence electrons. The highest BCUT2D eigenvalue weighted by atomic mass is 35.5. The maximum Gasteiger partial charge on any atom is 0.265 e. The van der Waals surface area contributed by atoms with Crippen LogP contribution in [0.25, 0.3) is 0 Å². The molecule has 0 aromatic carbocycles. The molecule has 0 amide bonds. The van der Waals surface area contributed by atoms with Crippen LogP contribution in [-0.2, 0) is 10.0 Å². The molecule has 0 aliphatic carbocycles. The Kier molecular flexibility index (Phi) is 3.59. The lowest BCUT2D eigenvalue weighted by Gasteiger charge is -2.10. The van der Waals surface area contributed by atoms with Crippen molar-refractivity contribution in [3.8, 4) is 0 Å². The number of rotatable bonds is 3. The minimum Gasteiger partial charge on any atom is -0.383 e. The number of nitrogens with two attached hydrogens (primary N) is 1. The van der Waals surface area contributed by atoms with Crippen molar-refractivity contribution < 1.29 is 8.42 Å². The van der Waals surface area contributed by atoms with E-state index in [2.05, 4.69) is 14.7 Å². The number of nitrogen functional groups attached to an aromatic ring is 1. The minimum absolute atomic E-state index is 0.0663. The number of halogens is 1. The lowest BCUT2D eigenvalue weighted by atomic mass is 10.3. The Balaban J connectivity index is 2.43. The highest BCUT2D eigenvalue weighted by Gasteiger charge is 2.19. The van der Waals surface area contributed by atoms with Crippen LogP contribution in [-0.4, -0.2) is 18.4 Å². The lowest BCUT2D eigenvalue weighted by molar-refractivity contribution is 0.601. The molecule has 2 aromatic heterocycles. The van der Waals surface area contributed by atoms with Crippen molar-refractivity contribution in [3.63, 3.8) is 0 Å². The maximum absolute atomic E-state index is 12.2. The van der Waals surface area contributed by atoms with Crippen LogP contribution in [0, 0.1) is 6.92 Å². The molecule has 19 heavy (non-hydrogen) atoms. The van der Waals surface area contributed by atoms with E-state index in [1.165, 1.54) is 18.3 Å². The molecule has 0 radical (unpaired) electrons. The zero-order valence-corrected chi connectivity index (χ0v) is 11.5. The second kappa shape index (κ2) is 5.02. The second-order valence-corrected chi connectivity index (χ2v) is 5.85. The van der Waals surface area contributed by atoms with E-state index in [9.17, 15) is 8.42 Å². The maximum atomic E-state index is 12.2. The first-order chi connectivity index (χ1) is 8.90. The van der Waals surface area contributed by atoms with Gasteiger partial charge in [0.1, 0.15) is 10.7 Å². The SMILES string of the molecule is Cc1cnc(Cl)c(NS(=O)(=O)c2cccnc2N)c1. The predicted octanol–water partition coefficient (Wildman–Crippen LogP) is 1.82. The number of pyridine rings is 2. The number of aryl methyl sites for hydroxylation is 1. The van der Waals surface area contributed by atoms with E-state index in [-0.39, 0.29) is 21.6 Å². The van der Waals surface area contributed by atoms with Gasteiger partial charge in [0.2, 0.25) is 0 Å². The average Bonchev–Trinajstić information content (AvgIpc) is 2.34. The number of anilines is 2. The van der Waals surface area contributed by atoms with Crippen LogP contribution in [0.5, 0.6) is 0 Å². The van der Waals surface area contributed by atoms with Crippen molar-refractivity contribution in [2.24, 2.45) is 0 Å². The number of nitrogens with zero attached hydrogens (tertiary/aromatic N) is 2. The number of aromatic nitrogens is 2. The van der Waals surface area contributed by atoms with Crippen molar-refractivity contribution in [2.45, 2.75) is 11.8 Å². The van der Waals surface area contributed by atoms with E-state index in [0.29, 0.717) is 0 Å². The molecule has 8 heteroatoms. The van der Waals surface area contributed by atoms with Gasteiger partial charge in [0, 0.05) is 12.4 Å². The van der Waals surface area contributed by atoms with Crippen LogP contribution < -0.4 is 10.5 Å². The average molecular weight is 299 g/mol. The van der Waals surface area contributed by atoms with Crippen LogP contribution in [0.2, 0.25) is 5.15 Å². The molecule has 6 nitrogen and oxygen atoms in total. The standard InChI is InChI=1S/C11H11ClN4O2S/c1-7-5-8(10(12)15-6-7)16-19(17,18)9-3-2-4-14-11(9)13/h2-6,16H,1H3,(H2,13,14). The number of nitrogens with one attached hydrogen (secondary N) is 1. The van der Waals surface area contributed by atoms with Crippen LogP contribution >= 0.6 is 11.6 Å². The van der Waals surface area contributed by atoms with E-state index >= 15 is 0 Å². The number of hydrogen-bond donors (Lipinski definition) is 2. The Morgan fingerprint density at radius 1 is 1.37 bits per heavy atom. The Hall–Kier alpha value is -1.86. The summed E-state index contributed by atoms with van der Waals surface area (Å²) in [6.07, 6.45) is 2.95. The molecule has 0 spiro atoms. The van der Waals surface area contributed by atoms with Crippen molar-refractivity contribution in [1.29, 1.82) is 0 Å². The Labute approximate surface area is 115 Å².